The maximum Gasteiger partial charge on any atom is 0.186 e. The number of thioether (sulfide) groups is 1. The zero-order valence-electron chi connectivity index (χ0n) is 9.88. The van der Waals surface area contributed by atoms with Crippen molar-refractivity contribution in [1.29, 1.82) is 0 Å². The van der Waals surface area contributed by atoms with Gasteiger partial charge >= 0.3 is 0 Å². The number of hydrogen-bond acceptors (Lipinski definition) is 6. The Labute approximate surface area is 108 Å². The van der Waals surface area contributed by atoms with E-state index in [2.05, 4.69) is 20.2 Å². The summed E-state index contributed by atoms with van der Waals surface area (Å²) in [6, 6.07) is 0. The van der Waals surface area contributed by atoms with Gasteiger partial charge in [0.25, 0.3) is 0 Å². The molecule has 0 bridgehead atoms. The molecular formula is C11H13N5OS. The lowest BCUT2D eigenvalue weighted by Gasteiger charge is -1.94. The number of aromatic nitrogens is 4. The first-order valence-electron chi connectivity index (χ1n) is 5.43. The molecule has 2 aromatic rings. The fourth-order valence-corrected chi connectivity index (χ4v) is 2.04. The predicted molar refractivity (Wildman–Crippen MR) is 72.9 cm³/mol. The number of H-pyrrole nitrogens is 1. The van der Waals surface area contributed by atoms with Crippen LogP contribution in [0.2, 0.25) is 0 Å². The summed E-state index contributed by atoms with van der Waals surface area (Å²) in [6.45, 7) is 1.56. The number of aromatic amines is 1. The summed E-state index contributed by atoms with van der Waals surface area (Å²) < 4.78 is 0. The SMILES string of the molecule is CC(=O)SCCC=Cc1[nH]nc2ncnc(N)c12. The molecule has 0 amide bonds. The highest BCUT2D eigenvalue weighted by molar-refractivity contribution is 8.13. The number of carbonyl (C=O) groups is 1. The minimum Gasteiger partial charge on any atom is -0.383 e. The summed E-state index contributed by atoms with van der Waals surface area (Å²) in [7, 11) is 0. The van der Waals surface area contributed by atoms with Crippen LogP contribution in [-0.4, -0.2) is 31.0 Å². The summed E-state index contributed by atoms with van der Waals surface area (Å²) in [5, 5.41) is 7.76. The number of anilines is 1. The molecule has 2 rings (SSSR count). The van der Waals surface area contributed by atoms with Gasteiger partial charge in [-0.3, -0.25) is 9.89 Å². The molecule has 7 heteroatoms. The maximum absolute atomic E-state index is 10.7. The number of nitrogens with two attached hydrogens (primary N) is 1. The minimum absolute atomic E-state index is 0.132. The van der Waals surface area contributed by atoms with Crippen LogP contribution in [-0.2, 0) is 4.79 Å². The quantitative estimate of drug-likeness (QED) is 0.813. The van der Waals surface area contributed by atoms with Gasteiger partial charge in [0.2, 0.25) is 0 Å². The summed E-state index contributed by atoms with van der Waals surface area (Å²) in [6.07, 6.45) is 6.04. The van der Waals surface area contributed by atoms with Crippen molar-refractivity contribution >= 4 is 39.8 Å². The van der Waals surface area contributed by atoms with Gasteiger partial charge in [0.05, 0.1) is 11.1 Å². The molecule has 0 aliphatic carbocycles. The number of hydrogen-bond donors (Lipinski definition) is 2. The summed E-state index contributed by atoms with van der Waals surface area (Å²) >= 11 is 1.31. The number of nitrogen functional groups attached to an aromatic ring is 1. The van der Waals surface area contributed by atoms with E-state index in [0.29, 0.717) is 11.5 Å². The molecule has 0 aliphatic rings. The summed E-state index contributed by atoms with van der Waals surface area (Å²) in [4.78, 5) is 18.7. The van der Waals surface area contributed by atoms with Crippen LogP contribution in [0.3, 0.4) is 0 Å². The van der Waals surface area contributed by atoms with E-state index in [1.807, 2.05) is 12.2 Å². The van der Waals surface area contributed by atoms with E-state index in [4.69, 9.17) is 5.73 Å². The van der Waals surface area contributed by atoms with E-state index in [9.17, 15) is 4.79 Å². The maximum atomic E-state index is 10.7. The van der Waals surface area contributed by atoms with Crippen LogP contribution in [0.1, 0.15) is 19.0 Å². The van der Waals surface area contributed by atoms with E-state index in [1.165, 1.54) is 18.1 Å². The molecule has 0 saturated heterocycles. The Morgan fingerprint density at radius 3 is 3.17 bits per heavy atom. The molecule has 3 N–H and O–H groups in total. The number of rotatable bonds is 4. The van der Waals surface area contributed by atoms with Gasteiger partial charge in [-0.2, -0.15) is 5.10 Å². The topological polar surface area (TPSA) is 97.5 Å². The van der Waals surface area contributed by atoms with Crippen LogP contribution in [0.5, 0.6) is 0 Å². The highest BCUT2D eigenvalue weighted by atomic mass is 32.2. The fourth-order valence-electron chi connectivity index (χ4n) is 1.49. The first-order valence-corrected chi connectivity index (χ1v) is 6.41. The molecule has 6 nitrogen and oxygen atoms in total. The van der Waals surface area contributed by atoms with E-state index < -0.39 is 0 Å². The molecule has 94 valence electrons. The molecular weight excluding hydrogens is 250 g/mol. The van der Waals surface area contributed by atoms with Crippen molar-refractivity contribution in [3.8, 4) is 0 Å². The zero-order chi connectivity index (χ0) is 13.0. The number of fused-ring (bicyclic) bond motifs is 1. The van der Waals surface area contributed by atoms with E-state index in [1.54, 1.807) is 6.92 Å². The smallest absolute Gasteiger partial charge is 0.186 e. The van der Waals surface area contributed by atoms with Crippen molar-refractivity contribution in [2.75, 3.05) is 11.5 Å². The van der Waals surface area contributed by atoms with Gasteiger partial charge < -0.3 is 5.73 Å². The molecule has 0 aromatic carbocycles. The summed E-state index contributed by atoms with van der Waals surface area (Å²) in [5.41, 5.74) is 7.12. The van der Waals surface area contributed by atoms with Gasteiger partial charge in [0.15, 0.2) is 10.8 Å². The minimum atomic E-state index is 0.132. The lowest BCUT2D eigenvalue weighted by molar-refractivity contribution is -0.109. The number of allylic oxidation sites excluding steroid dienone is 1. The van der Waals surface area contributed by atoms with Crippen molar-refractivity contribution in [1.82, 2.24) is 20.2 Å². The molecule has 0 fully saturated rings. The third kappa shape index (κ3) is 2.86. The molecule has 0 atom stereocenters. The molecule has 0 radical (unpaired) electrons. The lowest BCUT2D eigenvalue weighted by Crippen LogP contribution is -1.92. The number of nitrogens with one attached hydrogen (secondary N) is 1. The van der Waals surface area contributed by atoms with Crippen LogP contribution >= 0.6 is 11.8 Å². The third-order valence-corrected chi connectivity index (χ3v) is 3.13. The first kappa shape index (κ1) is 12.6. The van der Waals surface area contributed by atoms with E-state index in [-0.39, 0.29) is 5.12 Å². The average Bonchev–Trinajstić information content (AvgIpc) is 2.73. The van der Waals surface area contributed by atoms with Crippen molar-refractivity contribution in [3.05, 3.63) is 18.1 Å². The van der Waals surface area contributed by atoms with Gasteiger partial charge in [0.1, 0.15) is 12.1 Å². The van der Waals surface area contributed by atoms with Gasteiger partial charge in [-0.15, -0.1) is 0 Å². The summed E-state index contributed by atoms with van der Waals surface area (Å²) in [5.74, 6) is 1.18. The predicted octanol–water partition coefficient (Wildman–Crippen LogP) is 1.62. The third-order valence-electron chi connectivity index (χ3n) is 2.28. The monoisotopic (exact) mass is 263 g/mol. The molecule has 0 saturated carbocycles. The largest absolute Gasteiger partial charge is 0.383 e. The Bertz CT molecular complexity index is 592. The van der Waals surface area contributed by atoms with Gasteiger partial charge in [-0.1, -0.05) is 17.8 Å². The molecule has 2 aromatic heterocycles. The van der Waals surface area contributed by atoms with Crippen molar-refractivity contribution < 1.29 is 4.79 Å². The van der Waals surface area contributed by atoms with Gasteiger partial charge in [-0.05, 0) is 12.5 Å². The van der Waals surface area contributed by atoms with Crippen LogP contribution in [0.4, 0.5) is 5.82 Å². The Morgan fingerprint density at radius 1 is 1.56 bits per heavy atom. The molecule has 0 unspecified atom stereocenters. The number of nitrogens with zero attached hydrogens (tertiary/aromatic N) is 3. The van der Waals surface area contributed by atoms with Crippen LogP contribution in [0.15, 0.2) is 12.4 Å². The Morgan fingerprint density at radius 2 is 2.39 bits per heavy atom. The second-order valence-electron chi connectivity index (χ2n) is 3.63. The highest BCUT2D eigenvalue weighted by Gasteiger charge is 2.07. The second-order valence-corrected chi connectivity index (χ2v) is 4.90. The molecule has 18 heavy (non-hydrogen) atoms. The first-order chi connectivity index (χ1) is 8.68. The zero-order valence-corrected chi connectivity index (χ0v) is 10.7. The van der Waals surface area contributed by atoms with E-state index >= 15 is 0 Å². The van der Waals surface area contributed by atoms with E-state index in [0.717, 1.165) is 23.3 Å². The lowest BCUT2D eigenvalue weighted by atomic mass is 10.2. The molecule has 0 aliphatic heterocycles. The second kappa shape index (κ2) is 5.63. The standard InChI is InChI=1S/C11H13N5OS/c1-7(17)18-5-3-2-4-8-9-10(12)13-6-14-11(9)16-15-8/h2,4,6H,3,5H2,1H3,(H3,12,13,14,15,16). The van der Waals surface area contributed by atoms with Crippen LogP contribution in [0.25, 0.3) is 17.1 Å². The molecule has 0 spiro atoms. The average molecular weight is 263 g/mol. The van der Waals surface area contributed by atoms with Crippen molar-refractivity contribution in [2.45, 2.75) is 13.3 Å². The Balaban J connectivity index is 2.08. The Kier molecular flexibility index (Phi) is 3.93. The molecule has 2 heterocycles. The normalized spacial score (nSPS) is 11.4. The Hall–Kier alpha value is -1.89. The van der Waals surface area contributed by atoms with Crippen LogP contribution < -0.4 is 5.73 Å². The highest BCUT2D eigenvalue weighted by Crippen LogP contribution is 2.19. The van der Waals surface area contributed by atoms with Crippen molar-refractivity contribution in [2.24, 2.45) is 0 Å². The van der Waals surface area contributed by atoms with Gasteiger partial charge in [-0.25, -0.2) is 9.97 Å². The van der Waals surface area contributed by atoms with Crippen LogP contribution in [0, 0.1) is 0 Å². The van der Waals surface area contributed by atoms with Gasteiger partial charge in [0, 0.05) is 12.7 Å². The van der Waals surface area contributed by atoms with Crippen molar-refractivity contribution in [3.63, 3.8) is 0 Å². The number of carbonyl (C=O) groups excluding carboxylic acids is 1. The fraction of sp³-hybridized carbons (Fsp3) is 0.273.